The zero-order valence-corrected chi connectivity index (χ0v) is 12.3. The molecule has 3 N–H and O–H groups in total. The molecule has 5 nitrogen and oxygen atoms in total. The Labute approximate surface area is 124 Å². The van der Waals surface area contributed by atoms with E-state index in [0.29, 0.717) is 41.8 Å². The summed E-state index contributed by atoms with van der Waals surface area (Å²) in [6.45, 7) is 5.01. The van der Waals surface area contributed by atoms with Crippen molar-refractivity contribution < 1.29 is 13.9 Å². The molecule has 112 valence electrons. The molecule has 21 heavy (non-hydrogen) atoms. The van der Waals surface area contributed by atoms with Crippen molar-refractivity contribution in [1.82, 2.24) is 5.32 Å². The minimum Gasteiger partial charge on any atom is -0.491 e. The average Bonchev–Trinajstić information content (AvgIpc) is 2.97. The van der Waals surface area contributed by atoms with Gasteiger partial charge in [0.15, 0.2) is 0 Å². The van der Waals surface area contributed by atoms with Crippen LogP contribution in [-0.2, 0) is 6.54 Å². The van der Waals surface area contributed by atoms with E-state index < -0.39 is 0 Å². The van der Waals surface area contributed by atoms with Crippen LogP contribution >= 0.6 is 0 Å². The molecule has 0 saturated carbocycles. The molecular formula is C16H20N2O3. The number of hydrogen-bond acceptors (Lipinski definition) is 4. The summed E-state index contributed by atoms with van der Waals surface area (Å²) in [7, 11) is 0. The number of carbonyl (C=O) groups is 1. The van der Waals surface area contributed by atoms with E-state index in [4.69, 9.17) is 14.9 Å². The Morgan fingerprint density at radius 2 is 2.19 bits per heavy atom. The molecule has 0 aliphatic carbocycles. The zero-order valence-electron chi connectivity index (χ0n) is 12.3. The molecule has 1 aromatic heterocycles. The Hall–Kier alpha value is -2.43. The topological polar surface area (TPSA) is 77.5 Å². The Balaban J connectivity index is 2.01. The third-order valence-electron chi connectivity index (χ3n) is 2.85. The van der Waals surface area contributed by atoms with E-state index >= 15 is 0 Å². The molecule has 0 unspecified atom stereocenters. The third kappa shape index (κ3) is 4.27. The van der Waals surface area contributed by atoms with Crippen molar-refractivity contribution in [3.63, 3.8) is 0 Å². The Kier molecular flexibility index (Phi) is 4.87. The van der Waals surface area contributed by atoms with Gasteiger partial charge in [-0.3, -0.25) is 4.79 Å². The van der Waals surface area contributed by atoms with E-state index in [1.54, 1.807) is 36.6 Å². The van der Waals surface area contributed by atoms with Crippen LogP contribution in [0.3, 0.4) is 0 Å². The molecule has 0 spiro atoms. The van der Waals surface area contributed by atoms with Gasteiger partial charge in [0.2, 0.25) is 0 Å². The van der Waals surface area contributed by atoms with Gasteiger partial charge in [-0.25, -0.2) is 0 Å². The second-order valence-corrected chi connectivity index (χ2v) is 5.22. The Morgan fingerprint density at radius 1 is 1.38 bits per heavy atom. The van der Waals surface area contributed by atoms with Crippen molar-refractivity contribution in [1.29, 1.82) is 0 Å². The molecule has 0 fully saturated rings. The second-order valence-electron chi connectivity index (χ2n) is 5.22. The van der Waals surface area contributed by atoms with Crippen molar-refractivity contribution in [3.05, 3.63) is 47.9 Å². The van der Waals surface area contributed by atoms with Crippen molar-refractivity contribution in [3.8, 4) is 5.75 Å². The third-order valence-corrected chi connectivity index (χ3v) is 2.85. The van der Waals surface area contributed by atoms with Crippen molar-refractivity contribution in [2.75, 3.05) is 12.3 Å². The van der Waals surface area contributed by atoms with E-state index in [9.17, 15) is 4.79 Å². The normalized spacial score (nSPS) is 10.6. The number of carbonyl (C=O) groups excluding carboxylic acids is 1. The Bertz CT molecular complexity index is 592. The maximum absolute atomic E-state index is 12.1. The molecule has 5 heteroatoms. The summed E-state index contributed by atoms with van der Waals surface area (Å²) in [5.74, 6) is 1.44. The summed E-state index contributed by atoms with van der Waals surface area (Å²) in [5, 5.41) is 2.78. The van der Waals surface area contributed by atoms with Gasteiger partial charge in [0.1, 0.15) is 11.5 Å². The lowest BCUT2D eigenvalue weighted by Gasteiger charge is -2.12. The van der Waals surface area contributed by atoms with Crippen LogP contribution in [0.25, 0.3) is 0 Å². The van der Waals surface area contributed by atoms with Crippen LogP contribution < -0.4 is 15.8 Å². The van der Waals surface area contributed by atoms with Gasteiger partial charge in [-0.2, -0.15) is 0 Å². The summed E-state index contributed by atoms with van der Waals surface area (Å²) in [5.41, 5.74) is 6.89. The molecule has 2 aromatic rings. The fourth-order valence-electron chi connectivity index (χ4n) is 1.74. The lowest BCUT2D eigenvalue weighted by atomic mass is 10.1. The van der Waals surface area contributed by atoms with E-state index in [-0.39, 0.29) is 5.91 Å². The van der Waals surface area contributed by atoms with Gasteiger partial charge in [0, 0.05) is 5.56 Å². The highest BCUT2D eigenvalue weighted by Gasteiger charge is 2.10. The molecule has 0 bridgehead atoms. The van der Waals surface area contributed by atoms with E-state index in [2.05, 4.69) is 19.2 Å². The first-order valence-electron chi connectivity index (χ1n) is 6.89. The number of anilines is 1. The predicted octanol–water partition coefficient (Wildman–Crippen LogP) is 2.83. The van der Waals surface area contributed by atoms with Crippen LogP contribution in [0.5, 0.6) is 5.75 Å². The lowest BCUT2D eigenvalue weighted by Crippen LogP contribution is -2.22. The molecule has 0 aliphatic heterocycles. The smallest absolute Gasteiger partial charge is 0.251 e. The lowest BCUT2D eigenvalue weighted by molar-refractivity contribution is 0.0947. The first-order chi connectivity index (χ1) is 10.1. The number of nitrogens with two attached hydrogens (primary N) is 1. The fraction of sp³-hybridized carbons (Fsp3) is 0.312. The van der Waals surface area contributed by atoms with Gasteiger partial charge in [0.25, 0.3) is 5.91 Å². The predicted molar refractivity (Wildman–Crippen MR) is 81.1 cm³/mol. The second kappa shape index (κ2) is 6.83. The molecule has 0 aliphatic rings. The molecule has 0 radical (unpaired) electrons. The number of ether oxygens (including phenoxy) is 1. The van der Waals surface area contributed by atoms with E-state index in [1.807, 2.05) is 0 Å². The van der Waals surface area contributed by atoms with Crippen LogP contribution in [0, 0.1) is 5.92 Å². The largest absolute Gasteiger partial charge is 0.491 e. The number of benzene rings is 1. The zero-order chi connectivity index (χ0) is 15.2. The van der Waals surface area contributed by atoms with Gasteiger partial charge in [-0.15, -0.1) is 0 Å². The van der Waals surface area contributed by atoms with Crippen molar-refractivity contribution in [2.45, 2.75) is 20.4 Å². The number of rotatable bonds is 6. The minimum atomic E-state index is -0.194. The minimum absolute atomic E-state index is 0.194. The standard InChI is InChI=1S/C16H20N2O3/c1-11(2)10-21-15-8-12(5-6-14(15)17)16(19)18-9-13-4-3-7-20-13/h3-8,11H,9-10,17H2,1-2H3,(H,18,19). The van der Waals surface area contributed by atoms with Gasteiger partial charge < -0.3 is 20.2 Å². The molecule has 0 saturated heterocycles. The van der Waals surface area contributed by atoms with E-state index in [0.717, 1.165) is 0 Å². The van der Waals surface area contributed by atoms with Crippen molar-refractivity contribution >= 4 is 11.6 Å². The highest BCUT2D eigenvalue weighted by molar-refractivity contribution is 5.95. The fourth-order valence-corrected chi connectivity index (χ4v) is 1.74. The van der Waals surface area contributed by atoms with Gasteiger partial charge in [-0.1, -0.05) is 13.8 Å². The summed E-state index contributed by atoms with van der Waals surface area (Å²) in [6, 6.07) is 8.60. The Morgan fingerprint density at radius 3 is 2.86 bits per heavy atom. The summed E-state index contributed by atoms with van der Waals surface area (Å²) in [4.78, 5) is 12.1. The number of nitrogens with one attached hydrogen (secondary N) is 1. The maximum atomic E-state index is 12.1. The van der Waals surface area contributed by atoms with Gasteiger partial charge >= 0.3 is 0 Å². The van der Waals surface area contributed by atoms with Crippen LogP contribution in [0.15, 0.2) is 41.0 Å². The first kappa shape index (κ1) is 15.0. The van der Waals surface area contributed by atoms with Crippen LogP contribution in [-0.4, -0.2) is 12.5 Å². The molecule has 1 aromatic carbocycles. The van der Waals surface area contributed by atoms with Crippen molar-refractivity contribution in [2.24, 2.45) is 5.92 Å². The molecule has 2 rings (SSSR count). The quantitative estimate of drug-likeness (QED) is 0.801. The highest BCUT2D eigenvalue weighted by atomic mass is 16.5. The van der Waals surface area contributed by atoms with Crippen LogP contribution in [0.2, 0.25) is 0 Å². The first-order valence-corrected chi connectivity index (χ1v) is 6.89. The molecule has 0 atom stereocenters. The summed E-state index contributed by atoms with van der Waals surface area (Å²) < 4.78 is 10.8. The average molecular weight is 288 g/mol. The van der Waals surface area contributed by atoms with Crippen LogP contribution in [0.1, 0.15) is 30.0 Å². The number of furan rings is 1. The number of amides is 1. The summed E-state index contributed by atoms with van der Waals surface area (Å²) >= 11 is 0. The molecular weight excluding hydrogens is 268 g/mol. The monoisotopic (exact) mass is 288 g/mol. The van der Waals surface area contributed by atoms with E-state index in [1.165, 1.54) is 0 Å². The SMILES string of the molecule is CC(C)COc1cc(C(=O)NCc2ccco2)ccc1N. The maximum Gasteiger partial charge on any atom is 0.251 e. The number of hydrogen-bond donors (Lipinski definition) is 2. The number of nitrogen functional groups attached to an aromatic ring is 1. The van der Waals surface area contributed by atoms with Crippen LogP contribution in [0.4, 0.5) is 5.69 Å². The highest BCUT2D eigenvalue weighted by Crippen LogP contribution is 2.23. The van der Waals surface area contributed by atoms with Gasteiger partial charge in [0.05, 0.1) is 25.1 Å². The summed E-state index contributed by atoms with van der Waals surface area (Å²) in [6.07, 6.45) is 1.57. The molecule has 1 heterocycles. The van der Waals surface area contributed by atoms with Gasteiger partial charge in [-0.05, 0) is 36.2 Å². The molecule has 1 amide bonds.